The average molecular weight is 385 g/mol. The van der Waals surface area contributed by atoms with Gasteiger partial charge in [0.1, 0.15) is 5.82 Å². The average Bonchev–Trinajstić information content (AvgIpc) is 2.97. The van der Waals surface area contributed by atoms with E-state index in [0.717, 1.165) is 17.7 Å². The zero-order valence-corrected chi connectivity index (χ0v) is 14.7. The molecule has 142 valence electrons. The van der Waals surface area contributed by atoms with Gasteiger partial charge in [0.25, 0.3) is 0 Å². The van der Waals surface area contributed by atoms with Crippen LogP contribution < -0.4 is 5.69 Å². The number of aryl methyl sites for hydroxylation is 1. The molecule has 3 aromatic heterocycles. The van der Waals surface area contributed by atoms with Crippen LogP contribution >= 0.6 is 0 Å². The summed E-state index contributed by atoms with van der Waals surface area (Å²) in [6, 6.07) is 6.63. The van der Waals surface area contributed by atoms with Gasteiger partial charge in [-0.05, 0) is 30.7 Å². The number of pyridine rings is 1. The van der Waals surface area contributed by atoms with Crippen LogP contribution in [0.5, 0.6) is 0 Å². The maximum Gasteiger partial charge on any atom is 0.416 e. The smallest absolute Gasteiger partial charge is 0.290 e. The molecule has 0 radical (unpaired) electrons. The Morgan fingerprint density at radius 1 is 1.04 bits per heavy atom. The fourth-order valence-corrected chi connectivity index (χ4v) is 2.91. The van der Waals surface area contributed by atoms with Gasteiger partial charge in [-0.25, -0.2) is 19.7 Å². The van der Waals surface area contributed by atoms with Gasteiger partial charge in [0.05, 0.1) is 17.6 Å². The second-order valence-corrected chi connectivity index (χ2v) is 6.33. The summed E-state index contributed by atoms with van der Waals surface area (Å²) in [5.41, 5.74) is 1.29. The van der Waals surface area contributed by atoms with Gasteiger partial charge in [0.15, 0.2) is 5.65 Å². The van der Waals surface area contributed by atoms with E-state index in [4.69, 9.17) is 0 Å². The van der Waals surface area contributed by atoms with Crippen LogP contribution in [0.2, 0.25) is 0 Å². The Bertz CT molecular complexity index is 1210. The van der Waals surface area contributed by atoms with Gasteiger partial charge in [0, 0.05) is 29.7 Å². The van der Waals surface area contributed by atoms with Crippen LogP contribution in [0.4, 0.5) is 13.2 Å². The van der Waals surface area contributed by atoms with Crippen LogP contribution in [-0.2, 0) is 12.7 Å². The fourth-order valence-electron chi connectivity index (χ4n) is 2.91. The van der Waals surface area contributed by atoms with E-state index < -0.39 is 11.7 Å². The van der Waals surface area contributed by atoms with Gasteiger partial charge in [-0.1, -0.05) is 12.1 Å². The molecular weight excluding hydrogens is 371 g/mol. The molecule has 0 aliphatic heterocycles. The molecule has 1 N–H and O–H groups in total. The van der Waals surface area contributed by atoms with E-state index in [0.29, 0.717) is 28.1 Å². The topological polar surface area (TPSA) is 76.5 Å². The minimum atomic E-state index is -4.44. The molecule has 0 amide bonds. The van der Waals surface area contributed by atoms with Crippen molar-refractivity contribution < 1.29 is 13.2 Å². The number of benzene rings is 1. The fraction of sp³-hybridized carbons (Fsp3) is 0.158. The molecule has 9 heteroatoms. The third kappa shape index (κ3) is 3.38. The zero-order valence-electron chi connectivity index (χ0n) is 14.7. The Labute approximate surface area is 156 Å². The van der Waals surface area contributed by atoms with Crippen molar-refractivity contribution in [3.8, 4) is 11.1 Å². The van der Waals surface area contributed by atoms with Gasteiger partial charge in [0.2, 0.25) is 0 Å². The molecule has 4 rings (SSSR count). The molecule has 0 saturated heterocycles. The van der Waals surface area contributed by atoms with Crippen LogP contribution in [0.1, 0.15) is 17.0 Å². The van der Waals surface area contributed by atoms with Crippen molar-refractivity contribution in [1.82, 2.24) is 24.5 Å². The monoisotopic (exact) mass is 385 g/mol. The van der Waals surface area contributed by atoms with E-state index in [-0.39, 0.29) is 12.2 Å². The predicted octanol–water partition coefficient (Wildman–Crippen LogP) is 3.56. The molecule has 0 unspecified atom stereocenters. The maximum atomic E-state index is 13.0. The summed E-state index contributed by atoms with van der Waals surface area (Å²) < 4.78 is 40.4. The van der Waals surface area contributed by atoms with Crippen LogP contribution in [-0.4, -0.2) is 24.5 Å². The molecule has 4 aromatic rings. The van der Waals surface area contributed by atoms with Crippen LogP contribution in [0.25, 0.3) is 22.3 Å². The van der Waals surface area contributed by atoms with Crippen molar-refractivity contribution >= 4 is 11.2 Å². The van der Waals surface area contributed by atoms with Gasteiger partial charge in [-0.3, -0.25) is 9.55 Å². The first-order valence-electron chi connectivity index (χ1n) is 8.35. The second-order valence-electron chi connectivity index (χ2n) is 6.33. The highest BCUT2D eigenvalue weighted by Gasteiger charge is 2.30. The first-order valence-corrected chi connectivity index (χ1v) is 8.35. The highest BCUT2D eigenvalue weighted by molar-refractivity contribution is 5.78. The molecule has 0 aliphatic rings. The highest BCUT2D eigenvalue weighted by atomic mass is 19.4. The number of aromatic nitrogens is 5. The molecule has 0 atom stereocenters. The normalized spacial score (nSPS) is 11.9. The summed E-state index contributed by atoms with van der Waals surface area (Å²) >= 11 is 0. The number of imidazole rings is 1. The van der Waals surface area contributed by atoms with E-state index in [1.807, 2.05) is 0 Å². The van der Waals surface area contributed by atoms with Gasteiger partial charge in [-0.15, -0.1) is 0 Å². The van der Waals surface area contributed by atoms with Gasteiger partial charge < -0.3 is 0 Å². The lowest BCUT2D eigenvalue weighted by molar-refractivity contribution is -0.137. The standard InChI is InChI=1S/C19H14F3N5O/c1-11-23-7-12(8-24-11)10-27-16-6-14(9-25-17(16)26-18(27)28)13-3-2-4-15(5-13)19(20,21)22/h2-9H,10H2,1H3,(H,25,26,28). The summed E-state index contributed by atoms with van der Waals surface area (Å²) in [5, 5.41) is 0. The quantitative estimate of drug-likeness (QED) is 0.585. The zero-order chi connectivity index (χ0) is 19.9. The van der Waals surface area contributed by atoms with Crippen molar-refractivity contribution in [3.05, 3.63) is 76.4 Å². The minimum absolute atomic E-state index is 0.215. The van der Waals surface area contributed by atoms with E-state index >= 15 is 0 Å². The van der Waals surface area contributed by atoms with E-state index in [1.165, 1.54) is 16.8 Å². The van der Waals surface area contributed by atoms with Crippen LogP contribution in [0, 0.1) is 6.92 Å². The van der Waals surface area contributed by atoms with Gasteiger partial charge in [-0.2, -0.15) is 13.2 Å². The Hall–Kier alpha value is -3.49. The minimum Gasteiger partial charge on any atom is -0.290 e. The Morgan fingerprint density at radius 3 is 2.50 bits per heavy atom. The van der Waals surface area contributed by atoms with Crippen LogP contribution in [0.15, 0.2) is 53.7 Å². The van der Waals surface area contributed by atoms with Crippen molar-refractivity contribution in [1.29, 1.82) is 0 Å². The third-order valence-corrected chi connectivity index (χ3v) is 4.33. The number of hydrogen-bond donors (Lipinski definition) is 1. The first kappa shape index (κ1) is 17.9. The molecule has 0 saturated carbocycles. The molecular formula is C19H14F3N5O. The Kier molecular flexibility index (Phi) is 4.21. The summed E-state index contributed by atoms with van der Waals surface area (Å²) in [7, 11) is 0. The predicted molar refractivity (Wildman–Crippen MR) is 96.7 cm³/mol. The lowest BCUT2D eigenvalue weighted by Gasteiger charge is -2.09. The molecule has 28 heavy (non-hydrogen) atoms. The number of aromatic amines is 1. The highest BCUT2D eigenvalue weighted by Crippen LogP contribution is 2.32. The number of rotatable bonds is 3. The lowest BCUT2D eigenvalue weighted by atomic mass is 10.0. The molecule has 0 bridgehead atoms. The number of nitrogens with one attached hydrogen (secondary N) is 1. The SMILES string of the molecule is Cc1ncc(Cn2c(=O)[nH]c3ncc(-c4cccc(C(F)(F)F)c4)cc32)cn1. The molecule has 0 fully saturated rings. The summed E-state index contributed by atoms with van der Waals surface area (Å²) in [6.07, 6.45) is 0.248. The Morgan fingerprint density at radius 2 is 1.79 bits per heavy atom. The third-order valence-electron chi connectivity index (χ3n) is 4.33. The number of hydrogen-bond acceptors (Lipinski definition) is 4. The Balaban J connectivity index is 1.79. The molecule has 6 nitrogen and oxygen atoms in total. The molecule has 1 aromatic carbocycles. The first-order chi connectivity index (χ1) is 13.3. The molecule has 0 spiro atoms. The number of alkyl halides is 3. The van der Waals surface area contributed by atoms with Crippen molar-refractivity contribution in [3.63, 3.8) is 0 Å². The second kappa shape index (κ2) is 6.59. The summed E-state index contributed by atoms with van der Waals surface area (Å²) in [4.78, 5) is 27.4. The summed E-state index contributed by atoms with van der Waals surface area (Å²) in [5.74, 6) is 0.614. The molecule has 3 heterocycles. The largest absolute Gasteiger partial charge is 0.416 e. The summed E-state index contributed by atoms with van der Waals surface area (Å²) in [6.45, 7) is 1.97. The number of fused-ring (bicyclic) bond motifs is 1. The van der Waals surface area contributed by atoms with Crippen LogP contribution in [0.3, 0.4) is 0 Å². The lowest BCUT2D eigenvalue weighted by Crippen LogP contribution is -2.17. The van der Waals surface area contributed by atoms with E-state index in [9.17, 15) is 18.0 Å². The van der Waals surface area contributed by atoms with Crippen molar-refractivity contribution in [2.75, 3.05) is 0 Å². The van der Waals surface area contributed by atoms with E-state index in [1.54, 1.807) is 31.5 Å². The maximum absolute atomic E-state index is 13.0. The molecule has 0 aliphatic carbocycles. The number of nitrogens with zero attached hydrogens (tertiary/aromatic N) is 4. The van der Waals surface area contributed by atoms with Crippen molar-refractivity contribution in [2.45, 2.75) is 19.6 Å². The van der Waals surface area contributed by atoms with E-state index in [2.05, 4.69) is 19.9 Å². The van der Waals surface area contributed by atoms with Gasteiger partial charge >= 0.3 is 11.9 Å². The number of halogens is 3. The number of H-pyrrole nitrogens is 1. The van der Waals surface area contributed by atoms with Crippen molar-refractivity contribution in [2.24, 2.45) is 0 Å².